The third-order valence-corrected chi connectivity index (χ3v) is 8.33. The molecule has 1 heterocycles. The van der Waals surface area contributed by atoms with Crippen molar-refractivity contribution in [2.24, 2.45) is 17.8 Å². The van der Waals surface area contributed by atoms with Gasteiger partial charge in [0, 0.05) is 44.3 Å². The van der Waals surface area contributed by atoms with Crippen molar-refractivity contribution in [3.8, 4) is 0 Å². The molecule has 3 rings (SSSR count). The minimum Gasteiger partial charge on any atom is -0.481 e. The first-order chi connectivity index (χ1) is 19.4. The maximum absolute atomic E-state index is 13.0. The Balaban J connectivity index is 1.69. The van der Waals surface area contributed by atoms with Crippen molar-refractivity contribution < 1.29 is 29.0 Å². The van der Waals surface area contributed by atoms with E-state index in [0.29, 0.717) is 36.6 Å². The fourth-order valence-corrected chi connectivity index (χ4v) is 5.62. The number of aliphatic carboxylic acids is 1. The summed E-state index contributed by atoms with van der Waals surface area (Å²) in [7, 11) is 1.80. The molecule has 1 aromatic carbocycles. The maximum Gasteiger partial charge on any atom is 0.306 e. The Kier molecular flexibility index (Phi) is 11.8. The van der Waals surface area contributed by atoms with Gasteiger partial charge in [0.2, 0.25) is 5.91 Å². The lowest BCUT2D eigenvalue weighted by Gasteiger charge is -2.33. The molecule has 3 N–H and O–H groups in total. The van der Waals surface area contributed by atoms with Gasteiger partial charge in [-0.1, -0.05) is 51.1 Å². The molecular weight excluding hydrogens is 544 g/mol. The molecule has 2 amide bonds. The van der Waals surface area contributed by atoms with Crippen LogP contribution in [-0.4, -0.2) is 57.9 Å². The van der Waals surface area contributed by atoms with E-state index in [1.165, 1.54) is 18.3 Å². The van der Waals surface area contributed by atoms with E-state index >= 15 is 0 Å². The largest absolute Gasteiger partial charge is 0.481 e. The minimum absolute atomic E-state index is 0.0836. The zero-order valence-corrected chi connectivity index (χ0v) is 25.3. The number of hydrazine groups is 1. The molecule has 10 nitrogen and oxygen atoms in total. The fraction of sp³-hybridized carbons (Fsp3) is 0.567. The molecule has 0 radical (unpaired) electrons. The number of carbonyl (C=O) groups excluding carboxylic acids is 3. The molecule has 0 bridgehead atoms. The number of amides is 2. The van der Waals surface area contributed by atoms with E-state index in [1.54, 1.807) is 24.3 Å². The highest BCUT2D eigenvalue weighted by atomic mass is 32.1. The summed E-state index contributed by atoms with van der Waals surface area (Å²) in [4.78, 5) is 55.5. The third kappa shape index (κ3) is 10.2. The topological polar surface area (TPSA) is 138 Å². The number of benzene rings is 1. The maximum atomic E-state index is 13.0. The normalized spacial score (nSPS) is 16.0. The zero-order chi connectivity index (χ0) is 30.1. The van der Waals surface area contributed by atoms with E-state index in [2.05, 4.69) is 15.8 Å². The van der Waals surface area contributed by atoms with Crippen LogP contribution in [0.3, 0.4) is 0 Å². The van der Waals surface area contributed by atoms with Crippen LogP contribution >= 0.6 is 11.3 Å². The van der Waals surface area contributed by atoms with E-state index in [1.807, 2.05) is 44.2 Å². The number of hydrogen-bond acceptors (Lipinski definition) is 8. The lowest BCUT2D eigenvalue weighted by Crippen LogP contribution is -2.46. The Morgan fingerprint density at radius 2 is 1.80 bits per heavy atom. The van der Waals surface area contributed by atoms with E-state index in [0.717, 1.165) is 18.4 Å². The predicted octanol–water partition coefficient (Wildman–Crippen LogP) is 4.38. The van der Waals surface area contributed by atoms with Crippen LogP contribution in [0.15, 0.2) is 35.7 Å². The highest BCUT2D eigenvalue weighted by Crippen LogP contribution is 2.34. The molecule has 41 heavy (non-hydrogen) atoms. The van der Waals surface area contributed by atoms with Gasteiger partial charge in [-0.25, -0.2) is 10.4 Å². The molecule has 11 heteroatoms. The number of carboxylic acid groups (broad SMARTS) is 1. The molecule has 0 saturated heterocycles. The Labute approximate surface area is 245 Å². The second-order valence-corrected chi connectivity index (χ2v) is 12.2. The molecule has 0 spiro atoms. The molecule has 1 aliphatic rings. The first-order valence-electron chi connectivity index (χ1n) is 14.1. The van der Waals surface area contributed by atoms with Crippen LogP contribution in [0, 0.1) is 17.8 Å². The number of ether oxygens (including phenoxy) is 1. The quantitative estimate of drug-likeness (QED) is 0.195. The summed E-state index contributed by atoms with van der Waals surface area (Å²) in [5.74, 6) is -1.79. The predicted molar refractivity (Wildman–Crippen MR) is 156 cm³/mol. The van der Waals surface area contributed by atoms with Crippen LogP contribution < -0.4 is 10.9 Å². The summed E-state index contributed by atoms with van der Waals surface area (Å²) in [6, 6.07) is 9.12. The number of carbonyl (C=O) groups is 4. The van der Waals surface area contributed by atoms with Crippen molar-refractivity contribution in [1.29, 1.82) is 0 Å². The SMILES string of the molecule is CC(=O)O[C@H](CC(C(C)C)N(C)C(=O)CC1CC1)c1nc(C(=O)NN[C@@H](Cc2ccccc2)C[C@H](C)C(=O)O)cs1. The average Bonchev–Trinajstić information content (AvgIpc) is 3.59. The molecule has 1 saturated carbocycles. The Morgan fingerprint density at radius 3 is 2.39 bits per heavy atom. The molecule has 4 atom stereocenters. The number of esters is 1. The summed E-state index contributed by atoms with van der Waals surface area (Å²) < 4.78 is 5.63. The third-order valence-electron chi connectivity index (χ3n) is 7.39. The van der Waals surface area contributed by atoms with E-state index in [9.17, 15) is 24.3 Å². The molecule has 1 unspecified atom stereocenters. The van der Waals surface area contributed by atoms with Crippen molar-refractivity contribution in [2.75, 3.05) is 7.05 Å². The van der Waals surface area contributed by atoms with Crippen molar-refractivity contribution in [1.82, 2.24) is 20.7 Å². The molecule has 224 valence electrons. The van der Waals surface area contributed by atoms with Crippen molar-refractivity contribution >= 4 is 35.1 Å². The van der Waals surface area contributed by atoms with Gasteiger partial charge in [-0.2, -0.15) is 0 Å². The molecule has 1 fully saturated rings. The standard InChI is InChI=1S/C30H42N4O6S/c1-18(2)25(34(5)27(36)15-22-11-12-22)16-26(40-20(4)35)29-31-24(17-41-29)28(37)33-32-23(13-19(3)30(38)39)14-21-9-7-6-8-10-21/h6-10,17-19,22-23,25-26,32H,11-16H2,1-5H3,(H,33,37)(H,38,39)/t19-,23+,25?,26+/m0/s1. The summed E-state index contributed by atoms with van der Waals surface area (Å²) in [5, 5.41) is 11.5. The van der Waals surface area contributed by atoms with Crippen LogP contribution in [0.2, 0.25) is 0 Å². The lowest BCUT2D eigenvalue weighted by molar-refractivity contribution is -0.148. The first kappa shape index (κ1) is 32.2. The molecule has 1 aliphatic carbocycles. The molecule has 2 aromatic rings. The lowest BCUT2D eigenvalue weighted by atomic mass is 9.96. The number of nitrogens with one attached hydrogen (secondary N) is 2. The van der Waals surface area contributed by atoms with E-state index in [4.69, 9.17) is 4.74 Å². The second kappa shape index (κ2) is 15.1. The summed E-state index contributed by atoms with van der Waals surface area (Å²) in [6.07, 6.45) is 3.20. The van der Waals surface area contributed by atoms with Crippen LogP contribution in [0.4, 0.5) is 0 Å². The monoisotopic (exact) mass is 586 g/mol. The van der Waals surface area contributed by atoms with Crippen molar-refractivity contribution in [2.45, 2.75) is 84.4 Å². The number of thiazole rings is 1. The average molecular weight is 587 g/mol. The number of rotatable bonds is 16. The van der Waals surface area contributed by atoms with Gasteiger partial charge in [-0.15, -0.1) is 11.3 Å². The molecule has 0 aliphatic heterocycles. The first-order valence-corrected chi connectivity index (χ1v) is 15.0. The van der Waals surface area contributed by atoms with Crippen LogP contribution in [0.5, 0.6) is 0 Å². The number of aromatic nitrogens is 1. The van der Waals surface area contributed by atoms with Gasteiger partial charge in [-0.05, 0) is 43.1 Å². The smallest absolute Gasteiger partial charge is 0.306 e. The summed E-state index contributed by atoms with van der Waals surface area (Å²) in [6.45, 7) is 7.02. The van der Waals surface area contributed by atoms with Gasteiger partial charge in [-0.3, -0.25) is 24.6 Å². The Morgan fingerprint density at radius 1 is 1.12 bits per heavy atom. The van der Waals surface area contributed by atoms with Crippen LogP contribution in [-0.2, 0) is 25.5 Å². The Bertz CT molecular complexity index is 1180. The molecular formula is C30H42N4O6S. The second-order valence-electron chi connectivity index (χ2n) is 11.3. The number of nitrogens with zero attached hydrogens (tertiary/aromatic N) is 2. The van der Waals surface area contributed by atoms with Crippen molar-refractivity contribution in [3.63, 3.8) is 0 Å². The van der Waals surface area contributed by atoms with Crippen LogP contribution in [0.25, 0.3) is 0 Å². The van der Waals surface area contributed by atoms with Gasteiger partial charge >= 0.3 is 11.9 Å². The summed E-state index contributed by atoms with van der Waals surface area (Å²) >= 11 is 1.22. The van der Waals surface area contributed by atoms with Gasteiger partial charge in [0.1, 0.15) is 10.7 Å². The minimum atomic E-state index is -0.906. The van der Waals surface area contributed by atoms with Gasteiger partial charge in [0.15, 0.2) is 6.10 Å². The van der Waals surface area contributed by atoms with E-state index in [-0.39, 0.29) is 29.6 Å². The number of hydrogen-bond donors (Lipinski definition) is 3. The highest BCUT2D eigenvalue weighted by Gasteiger charge is 2.33. The zero-order valence-electron chi connectivity index (χ0n) is 24.5. The van der Waals surface area contributed by atoms with Gasteiger partial charge < -0.3 is 14.7 Å². The van der Waals surface area contributed by atoms with Crippen LogP contribution in [0.1, 0.15) is 87.0 Å². The molecule has 1 aromatic heterocycles. The van der Waals surface area contributed by atoms with E-state index < -0.39 is 29.9 Å². The van der Waals surface area contributed by atoms with Gasteiger partial charge in [0.05, 0.1) is 5.92 Å². The van der Waals surface area contributed by atoms with Crippen molar-refractivity contribution in [3.05, 3.63) is 52.0 Å². The summed E-state index contributed by atoms with van der Waals surface area (Å²) in [5.41, 5.74) is 6.83. The van der Waals surface area contributed by atoms with Gasteiger partial charge in [0.25, 0.3) is 5.91 Å². The number of carboxylic acids is 1. The Hall–Kier alpha value is -3.31. The highest BCUT2D eigenvalue weighted by molar-refractivity contribution is 7.09. The fourth-order valence-electron chi connectivity index (χ4n) is 4.79.